The minimum atomic E-state index is -3.84. The molecule has 0 heterocycles. The first kappa shape index (κ1) is 20.3. The maximum Gasteiger partial charge on any atom is 0.342 e. The molecule has 0 radical (unpaired) electrons. The monoisotopic (exact) mass is 414 g/mol. The molecule has 1 atom stereocenters. The summed E-state index contributed by atoms with van der Waals surface area (Å²) in [5.74, 6) is -1.69. The summed E-state index contributed by atoms with van der Waals surface area (Å²) in [5.41, 5.74) is 0.250. The van der Waals surface area contributed by atoms with Gasteiger partial charge in [-0.1, -0.05) is 30.3 Å². The van der Waals surface area contributed by atoms with E-state index in [9.17, 15) is 23.1 Å². The van der Waals surface area contributed by atoms with Gasteiger partial charge in [0.25, 0.3) is 5.91 Å². The molecule has 0 saturated carbocycles. The van der Waals surface area contributed by atoms with E-state index in [0.29, 0.717) is 11.1 Å². The number of primary sulfonamides is 1. The van der Waals surface area contributed by atoms with Gasteiger partial charge in [-0.25, -0.2) is 18.4 Å². The molecule has 1 amide bonds. The second kappa shape index (κ2) is 7.90. The highest BCUT2D eigenvalue weighted by atomic mass is 32.2. The van der Waals surface area contributed by atoms with Crippen LogP contribution in [0.25, 0.3) is 10.8 Å². The molecule has 9 heteroatoms. The maximum atomic E-state index is 12.4. The van der Waals surface area contributed by atoms with E-state index in [0.717, 1.165) is 5.39 Å². The van der Waals surface area contributed by atoms with Crippen LogP contribution in [0.1, 0.15) is 17.3 Å². The molecule has 0 aliphatic heterocycles. The van der Waals surface area contributed by atoms with E-state index in [2.05, 4.69) is 5.32 Å². The third-order valence-electron chi connectivity index (χ3n) is 4.22. The van der Waals surface area contributed by atoms with E-state index in [-0.39, 0.29) is 16.2 Å². The van der Waals surface area contributed by atoms with E-state index >= 15 is 0 Å². The predicted molar refractivity (Wildman–Crippen MR) is 107 cm³/mol. The lowest BCUT2D eigenvalue weighted by Gasteiger charge is -2.15. The maximum absolute atomic E-state index is 12.4. The van der Waals surface area contributed by atoms with Crippen molar-refractivity contribution in [3.05, 3.63) is 66.2 Å². The minimum absolute atomic E-state index is 0.0548. The summed E-state index contributed by atoms with van der Waals surface area (Å²) in [6.45, 7) is 1.38. The first-order chi connectivity index (χ1) is 13.7. The van der Waals surface area contributed by atoms with Gasteiger partial charge in [-0.3, -0.25) is 4.79 Å². The zero-order chi connectivity index (χ0) is 21.2. The van der Waals surface area contributed by atoms with Crippen molar-refractivity contribution < 1.29 is 27.9 Å². The van der Waals surface area contributed by atoms with Crippen LogP contribution in [0.2, 0.25) is 0 Å². The topological polar surface area (TPSA) is 136 Å². The van der Waals surface area contributed by atoms with Gasteiger partial charge in [-0.05, 0) is 42.6 Å². The molecule has 29 heavy (non-hydrogen) atoms. The molecular weight excluding hydrogens is 396 g/mol. The quantitative estimate of drug-likeness (QED) is 0.549. The first-order valence-electron chi connectivity index (χ1n) is 8.52. The molecule has 0 spiro atoms. The van der Waals surface area contributed by atoms with E-state index in [1.807, 2.05) is 6.07 Å². The molecule has 3 rings (SSSR count). The number of fused-ring (bicyclic) bond motifs is 1. The molecule has 8 nitrogen and oxygen atoms in total. The Balaban J connectivity index is 1.69. The summed E-state index contributed by atoms with van der Waals surface area (Å²) < 4.78 is 27.7. The zero-order valence-corrected chi connectivity index (χ0v) is 16.1. The molecule has 1 unspecified atom stereocenters. The van der Waals surface area contributed by atoms with Gasteiger partial charge < -0.3 is 15.2 Å². The van der Waals surface area contributed by atoms with Crippen LogP contribution in [-0.4, -0.2) is 31.5 Å². The Morgan fingerprint density at radius 2 is 1.69 bits per heavy atom. The van der Waals surface area contributed by atoms with Gasteiger partial charge in [0.15, 0.2) is 6.10 Å². The molecule has 0 aromatic heterocycles. The van der Waals surface area contributed by atoms with Crippen molar-refractivity contribution in [2.75, 3.05) is 5.32 Å². The number of rotatable bonds is 5. The fourth-order valence-corrected chi connectivity index (χ4v) is 3.18. The standard InChI is InChI=1S/C20H18N2O6S/c1-12(19(24)22-14-7-9-15(10-8-14)29(21,26)27)28-20(25)17-11-6-13-4-2-3-5-16(13)18(17)23/h2-12,23H,1H3,(H,22,24)(H2,21,26,27). The average Bonchev–Trinajstić information content (AvgIpc) is 2.68. The molecule has 4 N–H and O–H groups in total. The van der Waals surface area contributed by atoms with Crippen molar-refractivity contribution in [2.24, 2.45) is 5.14 Å². The summed E-state index contributed by atoms with van der Waals surface area (Å²) in [7, 11) is -3.84. The number of nitrogens with two attached hydrogens (primary N) is 1. The number of hydrogen-bond acceptors (Lipinski definition) is 6. The smallest absolute Gasteiger partial charge is 0.342 e. The van der Waals surface area contributed by atoms with E-state index < -0.39 is 28.0 Å². The Morgan fingerprint density at radius 1 is 1.03 bits per heavy atom. The third kappa shape index (κ3) is 4.53. The summed E-state index contributed by atoms with van der Waals surface area (Å²) in [6.07, 6.45) is -1.16. The summed E-state index contributed by atoms with van der Waals surface area (Å²) in [6, 6.07) is 15.3. The molecular formula is C20H18N2O6S. The normalized spacial score (nSPS) is 12.3. The van der Waals surface area contributed by atoms with Crippen LogP contribution in [0.5, 0.6) is 5.75 Å². The number of esters is 1. The van der Waals surface area contributed by atoms with Crippen LogP contribution in [0.15, 0.2) is 65.6 Å². The van der Waals surface area contributed by atoms with Crippen LogP contribution in [0.3, 0.4) is 0 Å². The van der Waals surface area contributed by atoms with Gasteiger partial charge in [-0.2, -0.15) is 0 Å². The zero-order valence-electron chi connectivity index (χ0n) is 15.3. The van der Waals surface area contributed by atoms with Crippen molar-refractivity contribution in [1.82, 2.24) is 0 Å². The Morgan fingerprint density at radius 3 is 2.34 bits per heavy atom. The Labute approximate surface area is 167 Å². The fraction of sp³-hybridized carbons (Fsp3) is 0.100. The van der Waals surface area contributed by atoms with Crippen LogP contribution in [0, 0.1) is 0 Å². The van der Waals surface area contributed by atoms with Gasteiger partial charge in [-0.15, -0.1) is 0 Å². The van der Waals surface area contributed by atoms with E-state index in [4.69, 9.17) is 9.88 Å². The number of amides is 1. The molecule has 0 fully saturated rings. The highest BCUT2D eigenvalue weighted by molar-refractivity contribution is 7.89. The Bertz CT molecular complexity index is 1190. The summed E-state index contributed by atoms with van der Waals surface area (Å²) in [5, 5.41) is 19.1. The second-order valence-electron chi connectivity index (χ2n) is 6.29. The summed E-state index contributed by atoms with van der Waals surface area (Å²) in [4.78, 5) is 24.6. The first-order valence-corrected chi connectivity index (χ1v) is 10.1. The van der Waals surface area contributed by atoms with Crippen LogP contribution >= 0.6 is 0 Å². The number of carbonyl (C=O) groups is 2. The SMILES string of the molecule is CC(OC(=O)c1ccc2ccccc2c1O)C(=O)Nc1ccc(S(N)(=O)=O)cc1. The fourth-order valence-electron chi connectivity index (χ4n) is 2.67. The number of phenolic OH excluding ortho intramolecular Hbond substituents is 1. The predicted octanol–water partition coefficient (Wildman–Crippen LogP) is 2.38. The Kier molecular flexibility index (Phi) is 5.53. The number of carbonyl (C=O) groups excluding carboxylic acids is 2. The lowest BCUT2D eigenvalue weighted by Crippen LogP contribution is -2.30. The lowest BCUT2D eigenvalue weighted by molar-refractivity contribution is -0.123. The number of aromatic hydroxyl groups is 1. The van der Waals surface area contributed by atoms with Gasteiger partial charge >= 0.3 is 5.97 Å². The average molecular weight is 414 g/mol. The number of phenols is 1. The molecule has 0 saturated heterocycles. The van der Waals surface area contributed by atoms with Crippen molar-refractivity contribution in [3.63, 3.8) is 0 Å². The Hall–Kier alpha value is -3.43. The highest BCUT2D eigenvalue weighted by Gasteiger charge is 2.22. The number of ether oxygens (including phenoxy) is 1. The minimum Gasteiger partial charge on any atom is -0.506 e. The van der Waals surface area contributed by atoms with Gasteiger partial charge in [0.05, 0.1) is 4.90 Å². The van der Waals surface area contributed by atoms with Crippen molar-refractivity contribution in [2.45, 2.75) is 17.9 Å². The highest BCUT2D eigenvalue weighted by Crippen LogP contribution is 2.29. The molecule has 150 valence electrons. The number of nitrogens with one attached hydrogen (secondary N) is 1. The molecule has 0 bridgehead atoms. The number of anilines is 1. The molecule has 0 aliphatic carbocycles. The third-order valence-corrected chi connectivity index (χ3v) is 5.15. The van der Waals surface area contributed by atoms with E-state index in [1.54, 1.807) is 24.3 Å². The van der Waals surface area contributed by atoms with Crippen molar-refractivity contribution in [1.29, 1.82) is 0 Å². The van der Waals surface area contributed by atoms with Crippen LogP contribution < -0.4 is 10.5 Å². The molecule has 0 aliphatic rings. The van der Waals surface area contributed by atoms with Gasteiger partial charge in [0, 0.05) is 11.1 Å². The second-order valence-corrected chi connectivity index (χ2v) is 7.85. The largest absolute Gasteiger partial charge is 0.506 e. The number of benzene rings is 3. The van der Waals surface area contributed by atoms with Crippen LogP contribution in [-0.2, 0) is 19.6 Å². The number of hydrogen-bond donors (Lipinski definition) is 3. The van der Waals surface area contributed by atoms with Crippen molar-refractivity contribution >= 4 is 38.4 Å². The van der Waals surface area contributed by atoms with E-state index in [1.165, 1.54) is 37.3 Å². The summed E-state index contributed by atoms with van der Waals surface area (Å²) >= 11 is 0. The van der Waals surface area contributed by atoms with Gasteiger partial charge in [0.1, 0.15) is 11.3 Å². The van der Waals surface area contributed by atoms with Gasteiger partial charge in [0.2, 0.25) is 10.0 Å². The van der Waals surface area contributed by atoms with Crippen LogP contribution in [0.4, 0.5) is 5.69 Å². The molecule has 3 aromatic rings. The number of sulfonamides is 1. The van der Waals surface area contributed by atoms with Crippen molar-refractivity contribution in [3.8, 4) is 5.75 Å². The molecule has 3 aromatic carbocycles. The lowest BCUT2D eigenvalue weighted by atomic mass is 10.1.